The fourth-order valence-electron chi connectivity index (χ4n) is 1.46. The molecule has 6 heteroatoms. The van der Waals surface area contributed by atoms with Crippen LogP contribution in [0, 0.1) is 0 Å². The molecule has 1 unspecified atom stereocenters. The van der Waals surface area contributed by atoms with Crippen molar-refractivity contribution in [2.45, 2.75) is 19.4 Å². The third-order valence-electron chi connectivity index (χ3n) is 2.27. The normalized spacial score (nSPS) is 13.3. The molecule has 1 aromatic rings. The number of sulfone groups is 1. The highest BCUT2D eigenvalue weighted by Gasteiger charge is 2.06. The summed E-state index contributed by atoms with van der Waals surface area (Å²) in [6.07, 6.45) is 1.99. The van der Waals surface area contributed by atoms with E-state index in [1.165, 1.54) is 6.26 Å². The van der Waals surface area contributed by atoms with E-state index >= 15 is 0 Å². The summed E-state index contributed by atoms with van der Waals surface area (Å²) in [6.45, 7) is 2.11. The van der Waals surface area contributed by atoms with Gasteiger partial charge in [-0.15, -0.1) is 0 Å². The van der Waals surface area contributed by atoms with Crippen LogP contribution in [-0.2, 0) is 16.3 Å². The molecule has 0 spiro atoms. The number of halogens is 1. The maximum absolute atomic E-state index is 11.0. The van der Waals surface area contributed by atoms with E-state index in [2.05, 4.69) is 15.9 Å². The van der Waals surface area contributed by atoms with Crippen LogP contribution < -0.4 is 10.5 Å². The van der Waals surface area contributed by atoms with E-state index in [1.54, 1.807) is 0 Å². The van der Waals surface area contributed by atoms with Crippen LogP contribution in [0.15, 0.2) is 22.7 Å². The highest BCUT2D eigenvalue weighted by atomic mass is 79.9. The molecule has 1 aromatic carbocycles. The van der Waals surface area contributed by atoms with Crippen LogP contribution in [0.3, 0.4) is 0 Å². The molecule has 18 heavy (non-hydrogen) atoms. The van der Waals surface area contributed by atoms with E-state index in [0.29, 0.717) is 5.75 Å². The molecule has 0 fully saturated rings. The molecule has 0 amide bonds. The van der Waals surface area contributed by atoms with E-state index in [0.717, 1.165) is 16.5 Å². The zero-order valence-electron chi connectivity index (χ0n) is 10.5. The van der Waals surface area contributed by atoms with Gasteiger partial charge in [0.2, 0.25) is 0 Å². The van der Waals surface area contributed by atoms with Gasteiger partial charge in [-0.05, 0) is 47.0 Å². The smallest absolute Gasteiger partial charge is 0.150 e. The Morgan fingerprint density at radius 3 is 2.61 bits per heavy atom. The van der Waals surface area contributed by atoms with Crippen molar-refractivity contribution in [1.82, 2.24) is 0 Å². The molecule has 0 bridgehead atoms. The van der Waals surface area contributed by atoms with Crippen molar-refractivity contribution in [3.63, 3.8) is 0 Å². The first kappa shape index (κ1) is 15.5. The first-order valence-corrected chi connectivity index (χ1v) is 8.48. The van der Waals surface area contributed by atoms with Crippen molar-refractivity contribution in [3.8, 4) is 5.75 Å². The molecular weight excluding hydrogens is 318 g/mol. The number of nitrogens with two attached hydrogens (primary N) is 1. The molecule has 0 saturated carbocycles. The average Bonchev–Trinajstić information content (AvgIpc) is 2.18. The molecule has 102 valence electrons. The van der Waals surface area contributed by atoms with Crippen molar-refractivity contribution in [2.24, 2.45) is 5.73 Å². The Morgan fingerprint density at radius 1 is 1.44 bits per heavy atom. The summed E-state index contributed by atoms with van der Waals surface area (Å²) in [7, 11) is -2.99. The second kappa shape index (κ2) is 6.54. The van der Waals surface area contributed by atoms with Crippen molar-refractivity contribution >= 4 is 25.8 Å². The summed E-state index contributed by atoms with van der Waals surface area (Å²) in [5, 5.41) is 0. The van der Waals surface area contributed by atoms with Gasteiger partial charge < -0.3 is 10.5 Å². The molecular formula is C12H18BrNO3S. The SMILES string of the molecule is CC(N)Cc1ccc(OCCS(C)(=O)=O)c(Br)c1. The zero-order valence-corrected chi connectivity index (χ0v) is 12.9. The van der Waals surface area contributed by atoms with Crippen LogP contribution in [-0.4, -0.2) is 33.1 Å². The summed E-state index contributed by atoms with van der Waals surface area (Å²) in [6, 6.07) is 5.81. The van der Waals surface area contributed by atoms with Crippen molar-refractivity contribution in [2.75, 3.05) is 18.6 Å². The van der Waals surface area contributed by atoms with Crippen LogP contribution in [0.2, 0.25) is 0 Å². The first-order chi connectivity index (χ1) is 8.28. The first-order valence-electron chi connectivity index (χ1n) is 5.62. The van der Waals surface area contributed by atoms with Gasteiger partial charge in [0.05, 0.1) is 10.2 Å². The summed E-state index contributed by atoms with van der Waals surface area (Å²) in [5.74, 6) is 0.660. The lowest BCUT2D eigenvalue weighted by Gasteiger charge is -2.10. The summed E-state index contributed by atoms with van der Waals surface area (Å²) >= 11 is 3.40. The number of hydrogen-bond acceptors (Lipinski definition) is 4. The van der Waals surface area contributed by atoms with Gasteiger partial charge in [0.1, 0.15) is 12.4 Å². The van der Waals surface area contributed by atoms with Gasteiger partial charge in [-0.1, -0.05) is 6.07 Å². The molecule has 1 atom stereocenters. The minimum absolute atomic E-state index is 0.0149. The van der Waals surface area contributed by atoms with Gasteiger partial charge in [-0.3, -0.25) is 0 Å². The molecule has 0 aliphatic heterocycles. The van der Waals surface area contributed by atoms with Crippen LogP contribution in [0.4, 0.5) is 0 Å². The van der Waals surface area contributed by atoms with Gasteiger partial charge in [-0.2, -0.15) is 0 Å². The highest BCUT2D eigenvalue weighted by molar-refractivity contribution is 9.10. The Labute approximate surface area is 117 Å². The Balaban J connectivity index is 2.62. The summed E-state index contributed by atoms with van der Waals surface area (Å²) < 4.78 is 28.2. The van der Waals surface area contributed by atoms with Gasteiger partial charge in [0.15, 0.2) is 9.84 Å². The minimum atomic E-state index is -2.99. The van der Waals surface area contributed by atoms with Crippen LogP contribution >= 0.6 is 15.9 Å². The fourth-order valence-corrected chi connectivity index (χ4v) is 2.39. The molecule has 0 heterocycles. The lowest BCUT2D eigenvalue weighted by Crippen LogP contribution is -2.17. The Bertz CT molecular complexity index is 500. The lowest BCUT2D eigenvalue weighted by molar-refractivity contribution is 0.339. The molecule has 1 rings (SSSR count). The largest absolute Gasteiger partial charge is 0.491 e. The maximum Gasteiger partial charge on any atom is 0.150 e. The molecule has 0 radical (unpaired) electrons. The number of ether oxygens (including phenoxy) is 1. The number of rotatable bonds is 6. The van der Waals surface area contributed by atoms with Gasteiger partial charge in [0.25, 0.3) is 0 Å². The minimum Gasteiger partial charge on any atom is -0.491 e. The molecule has 2 N–H and O–H groups in total. The molecule has 0 aliphatic carbocycles. The zero-order chi connectivity index (χ0) is 13.8. The van der Waals surface area contributed by atoms with E-state index in [1.807, 2.05) is 25.1 Å². The van der Waals surface area contributed by atoms with Crippen molar-refractivity contribution in [3.05, 3.63) is 28.2 Å². The average molecular weight is 336 g/mol. The monoisotopic (exact) mass is 335 g/mol. The predicted octanol–water partition coefficient (Wildman–Crippen LogP) is 1.76. The molecule has 0 saturated heterocycles. The van der Waals surface area contributed by atoms with E-state index in [-0.39, 0.29) is 18.4 Å². The Kier molecular flexibility index (Phi) is 5.62. The van der Waals surface area contributed by atoms with Gasteiger partial charge in [-0.25, -0.2) is 8.42 Å². The standard InChI is InChI=1S/C12H18BrNO3S/c1-9(14)7-10-3-4-12(11(13)8-10)17-5-6-18(2,15)16/h3-4,8-9H,5-7,14H2,1-2H3. The quantitative estimate of drug-likeness (QED) is 0.859. The van der Waals surface area contributed by atoms with Gasteiger partial charge in [0, 0.05) is 12.3 Å². The topological polar surface area (TPSA) is 69.4 Å². The number of hydrogen-bond donors (Lipinski definition) is 1. The van der Waals surface area contributed by atoms with Crippen LogP contribution in [0.5, 0.6) is 5.75 Å². The van der Waals surface area contributed by atoms with Crippen LogP contribution in [0.1, 0.15) is 12.5 Å². The Morgan fingerprint density at radius 2 is 2.11 bits per heavy atom. The third-order valence-corrected chi connectivity index (χ3v) is 3.79. The predicted molar refractivity (Wildman–Crippen MR) is 76.7 cm³/mol. The second-order valence-electron chi connectivity index (χ2n) is 4.42. The van der Waals surface area contributed by atoms with Gasteiger partial charge >= 0.3 is 0 Å². The third kappa shape index (κ3) is 5.84. The van der Waals surface area contributed by atoms with Crippen molar-refractivity contribution < 1.29 is 13.2 Å². The Hall–Kier alpha value is -0.590. The molecule has 0 aliphatic rings. The van der Waals surface area contributed by atoms with Crippen LogP contribution in [0.25, 0.3) is 0 Å². The highest BCUT2D eigenvalue weighted by Crippen LogP contribution is 2.26. The number of benzene rings is 1. The fraction of sp³-hybridized carbons (Fsp3) is 0.500. The second-order valence-corrected chi connectivity index (χ2v) is 7.54. The maximum atomic E-state index is 11.0. The lowest BCUT2D eigenvalue weighted by atomic mass is 10.1. The van der Waals surface area contributed by atoms with E-state index < -0.39 is 9.84 Å². The van der Waals surface area contributed by atoms with E-state index in [9.17, 15) is 8.42 Å². The molecule has 0 aromatic heterocycles. The van der Waals surface area contributed by atoms with E-state index in [4.69, 9.17) is 10.5 Å². The van der Waals surface area contributed by atoms with Crippen molar-refractivity contribution in [1.29, 1.82) is 0 Å². The summed E-state index contributed by atoms with van der Waals surface area (Å²) in [5.41, 5.74) is 6.85. The molecule has 4 nitrogen and oxygen atoms in total. The summed E-state index contributed by atoms with van der Waals surface area (Å²) in [4.78, 5) is 0.